The standard InChI is InChI=1S/C14H15NO2S/c1-10-3-4-11(2)15(10)13-5-6-14-12(9-13)7-8-18(14,16)17/h3-6,9H,7-8H2,1-2H3. The summed E-state index contributed by atoms with van der Waals surface area (Å²) < 4.78 is 25.7. The van der Waals surface area contributed by atoms with Crippen LogP contribution in [-0.2, 0) is 16.3 Å². The molecular weight excluding hydrogens is 246 g/mol. The summed E-state index contributed by atoms with van der Waals surface area (Å²) in [5.41, 5.74) is 4.31. The summed E-state index contributed by atoms with van der Waals surface area (Å²) in [5.74, 6) is 0.245. The van der Waals surface area contributed by atoms with Crippen LogP contribution in [0.1, 0.15) is 17.0 Å². The Morgan fingerprint density at radius 1 is 1.06 bits per heavy atom. The minimum atomic E-state index is -3.02. The normalized spacial score (nSPS) is 16.8. The van der Waals surface area contributed by atoms with Gasteiger partial charge in [0.25, 0.3) is 0 Å². The molecule has 0 unspecified atom stereocenters. The van der Waals surface area contributed by atoms with Crippen molar-refractivity contribution in [1.82, 2.24) is 4.57 Å². The van der Waals surface area contributed by atoms with E-state index in [1.54, 1.807) is 6.07 Å². The molecule has 2 heterocycles. The highest BCUT2D eigenvalue weighted by molar-refractivity contribution is 7.91. The van der Waals surface area contributed by atoms with Crippen LogP contribution in [0.5, 0.6) is 0 Å². The Bertz CT molecular complexity index is 707. The van der Waals surface area contributed by atoms with Crippen molar-refractivity contribution in [2.45, 2.75) is 25.2 Å². The molecule has 0 atom stereocenters. The molecule has 1 aromatic heterocycles. The Morgan fingerprint density at radius 2 is 1.72 bits per heavy atom. The molecule has 1 aliphatic rings. The monoisotopic (exact) mass is 261 g/mol. The second-order valence-corrected chi connectivity index (χ2v) is 6.89. The maximum Gasteiger partial charge on any atom is 0.178 e. The van der Waals surface area contributed by atoms with Crippen LogP contribution >= 0.6 is 0 Å². The number of nitrogens with zero attached hydrogens (tertiary/aromatic N) is 1. The lowest BCUT2D eigenvalue weighted by Gasteiger charge is -2.10. The Labute approximate surface area is 107 Å². The van der Waals surface area contributed by atoms with Crippen LogP contribution in [0.15, 0.2) is 35.2 Å². The van der Waals surface area contributed by atoms with Gasteiger partial charge in [-0.1, -0.05) is 0 Å². The molecule has 3 rings (SSSR count). The van der Waals surface area contributed by atoms with E-state index in [0.717, 1.165) is 22.6 Å². The molecule has 0 aliphatic carbocycles. The summed E-state index contributed by atoms with van der Waals surface area (Å²) >= 11 is 0. The average Bonchev–Trinajstić information content (AvgIpc) is 2.80. The molecule has 0 amide bonds. The summed E-state index contributed by atoms with van der Waals surface area (Å²) in [5, 5.41) is 0. The lowest BCUT2D eigenvalue weighted by molar-refractivity contribution is 0.600. The summed E-state index contributed by atoms with van der Waals surface area (Å²) in [6.45, 7) is 4.11. The number of rotatable bonds is 1. The number of hydrogen-bond donors (Lipinski definition) is 0. The zero-order valence-electron chi connectivity index (χ0n) is 10.5. The summed E-state index contributed by atoms with van der Waals surface area (Å²) in [6.07, 6.45) is 0.630. The quantitative estimate of drug-likeness (QED) is 0.791. The summed E-state index contributed by atoms with van der Waals surface area (Å²) in [7, 11) is -3.02. The summed E-state index contributed by atoms with van der Waals surface area (Å²) in [4.78, 5) is 0.508. The Hall–Kier alpha value is -1.55. The van der Waals surface area contributed by atoms with Crippen LogP contribution < -0.4 is 0 Å². The first-order valence-electron chi connectivity index (χ1n) is 6.00. The number of hydrogen-bond acceptors (Lipinski definition) is 2. The number of sulfone groups is 1. The van der Waals surface area contributed by atoms with Crippen LogP contribution in [-0.4, -0.2) is 18.7 Å². The van der Waals surface area contributed by atoms with E-state index in [2.05, 4.69) is 30.5 Å². The third-order valence-corrected chi connectivity index (χ3v) is 5.36. The van der Waals surface area contributed by atoms with Gasteiger partial charge in [-0.15, -0.1) is 0 Å². The highest BCUT2D eigenvalue weighted by Gasteiger charge is 2.26. The van der Waals surface area contributed by atoms with E-state index >= 15 is 0 Å². The molecule has 0 fully saturated rings. The molecule has 18 heavy (non-hydrogen) atoms. The molecule has 0 saturated heterocycles. The SMILES string of the molecule is Cc1ccc(C)n1-c1ccc2c(c1)CCS2(=O)=O. The average molecular weight is 261 g/mol. The minimum Gasteiger partial charge on any atom is -0.319 e. The van der Waals surface area contributed by atoms with Crippen molar-refractivity contribution >= 4 is 9.84 Å². The van der Waals surface area contributed by atoms with Crippen molar-refractivity contribution in [3.05, 3.63) is 47.3 Å². The van der Waals surface area contributed by atoms with Crippen molar-refractivity contribution in [1.29, 1.82) is 0 Å². The van der Waals surface area contributed by atoms with Crippen molar-refractivity contribution < 1.29 is 8.42 Å². The van der Waals surface area contributed by atoms with E-state index in [1.807, 2.05) is 12.1 Å². The molecule has 1 aliphatic heterocycles. The van der Waals surface area contributed by atoms with Crippen LogP contribution in [0.25, 0.3) is 5.69 Å². The van der Waals surface area contributed by atoms with Gasteiger partial charge in [-0.2, -0.15) is 0 Å². The molecule has 3 nitrogen and oxygen atoms in total. The Kier molecular flexibility index (Phi) is 2.38. The van der Waals surface area contributed by atoms with Gasteiger partial charge in [0.2, 0.25) is 0 Å². The minimum absolute atomic E-state index is 0.245. The maximum atomic E-state index is 11.8. The molecule has 0 saturated carbocycles. The van der Waals surface area contributed by atoms with Gasteiger partial charge in [-0.3, -0.25) is 0 Å². The fourth-order valence-corrected chi connectivity index (χ4v) is 4.18. The molecule has 0 radical (unpaired) electrons. The molecule has 1 aromatic carbocycles. The number of aromatic nitrogens is 1. The summed E-state index contributed by atoms with van der Waals surface area (Å²) in [6, 6.07) is 9.77. The van der Waals surface area contributed by atoms with Crippen molar-refractivity contribution in [3.63, 3.8) is 0 Å². The van der Waals surface area contributed by atoms with Gasteiger partial charge in [-0.25, -0.2) is 8.42 Å². The Morgan fingerprint density at radius 3 is 2.39 bits per heavy atom. The fourth-order valence-electron chi connectivity index (χ4n) is 2.63. The lowest BCUT2D eigenvalue weighted by Crippen LogP contribution is -2.01. The zero-order valence-corrected chi connectivity index (χ0v) is 11.3. The predicted molar refractivity (Wildman–Crippen MR) is 71.0 cm³/mol. The van der Waals surface area contributed by atoms with Gasteiger partial charge in [0.05, 0.1) is 10.6 Å². The largest absolute Gasteiger partial charge is 0.319 e. The zero-order chi connectivity index (χ0) is 12.9. The van der Waals surface area contributed by atoms with Crippen LogP contribution in [0.2, 0.25) is 0 Å². The van der Waals surface area contributed by atoms with Gasteiger partial charge in [-0.05, 0) is 56.2 Å². The van der Waals surface area contributed by atoms with Gasteiger partial charge in [0, 0.05) is 17.1 Å². The smallest absolute Gasteiger partial charge is 0.178 e. The molecular formula is C14H15NO2S. The van der Waals surface area contributed by atoms with Crippen molar-refractivity contribution in [3.8, 4) is 5.69 Å². The van der Waals surface area contributed by atoms with Crippen molar-refractivity contribution in [2.75, 3.05) is 5.75 Å². The predicted octanol–water partition coefficient (Wildman–Crippen LogP) is 2.42. The van der Waals surface area contributed by atoms with Gasteiger partial charge in [0.1, 0.15) is 0 Å². The third-order valence-electron chi connectivity index (χ3n) is 3.55. The molecule has 4 heteroatoms. The first-order chi connectivity index (χ1) is 8.49. The molecule has 0 N–H and O–H groups in total. The highest BCUT2D eigenvalue weighted by atomic mass is 32.2. The van der Waals surface area contributed by atoms with E-state index in [4.69, 9.17) is 0 Å². The van der Waals surface area contributed by atoms with Crippen LogP contribution in [0.3, 0.4) is 0 Å². The number of aryl methyl sites for hydroxylation is 3. The van der Waals surface area contributed by atoms with Gasteiger partial charge >= 0.3 is 0 Å². The fraction of sp³-hybridized carbons (Fsp3) is 0.286. The molecule has 2 aromatic rings. The van der Waals surface area contributed by atoms with E-state index in [-0.39, 0.29) is 5.75 Å². The van der Waals surface area contributed by atoms with Crippen molar-refractivity contribution in [2.24, 2.45) is 0 Å². The highest BCUT2D eigenvalue weighted by Crippen LogP contribution is 2.28. The molecule has 0 bridgehead atoms. The van der Waals surface area contributed by atoms with Gasteiger partial charge < -0.3 is 4.57 Å². The van der Waals surface area contributed by atoms with E-state index in [9.17, 15) is 8.42 Å². The molecule has 94 valence electrons. The third kappa shape index (κ3) is 1.60. The second kappa shape index (κ2) is 3.72. The second-order valence-electron chi connectivity index (χ2n) is 4.81. The van der Waals surface area contributed by atoms with Crippen LogP contribution in [0, 0.1) is 13.8 Å². The van der Waals surface area contributed by atoms with Crippen LogP contribution in [0.4, 0.5) is 0 Å². The number of fused-ring (bicyclic) bond motifs is 1. The Balaban J connectivity index is 2.19. The topological polar surface area (TPSA) is 39.1 Å². The maximum absolute atomic E-state index is 11.8. The van der Waals surface area contributed by atoms with E-state index < -0.39 is 9.84 Å². The molecule has 0 spiro atoms. The van der Waals surface area contributed by atoms with E-state index in [1.165, 1.54) is 0 Å². The van der Waals surface area contributed by atoms with E-state index in [0.29, 0.717) is 11.3 Å². The number of benzene rings is 1. The lowest BCUT2D eigenvalue weighted by atomic mass is 10.1. The van der Waals surface area contributed by atoms with Gasteiger partial charge in [0.15, 0.2) is 9.84 Å². The first kappa shape index (κ1) is 11.5. The first-order valence-corrected chi connectivity index (χ1v) is 7.65.